The van der Waals surface area contributed by atoms with Crippen LogP contribution >= 0.6 is 11.8 Å². The minimum atomic E-state index is -1.04. The molecule has 1 unspecified atom stereocenters. The number of carbonyl (C=O) groups excluding carboxylic acids is 1. The van der Waals surface area contributed by atoms with E-state index >= 15 is 0 Å². The molecule has 7 heteroatoms. The van der Waals surface area contributed by atoms with Gasteiger partial charge in [-0.05, 0) is 0 Å². The normalized spacial score (nSPS) is 12.1. The van der Waals surface area contributed by atoms with Gasteiger partial charge in [0.25, 0.3) is 0 Å². The van der Waals surface area contributed by atoms with Crippen LogP contribution in [0.1, 0.15) is 6.92 Å². The molecule has 0 saturated carbocycles. The molecule has 0 fully saturated rings. The predicted octanol–water partition coefficient (Wildman–Crippen LogP) is -0.682. The molecule has 0 radical (unpaired) electrons. The summed E-state index contributed by atoms with van der Waals surface area (Å²) in [5, 5.41) is 19.5. The molecular formula is C9H17NO5S. The van der Waals surface area contributed by atoms with E-state index in [-0.39, 0.29) is 19.1 Å². The van der Waals surface area contributed by atoms with Crippen LogP contribution in [0.15, 0.2) is 0 Å². The Hall–Kier alpha value is -0.790. The van der Waals surface area contributed by atoms with Gasteiger partial charge in [-0.1, -0.05) is 0 Å². The first-order valence-corrected chi connectivity index (χ1v) is 5.99. The first kappa shape index (κ1) is 15.2. The minimum Gasteiger partial charge on any atom is -0.480 e. The number of nitrogens with one attached hydrogen (secondary N) is 1. The molecule has 0 aliphatic rings. The van der Waals surface area contributed by atoms with Crippen LogP contribution in [0.4, 0.5) is 0 Å². The lowest BCUT2D eigenvalue weighted by Gasteiger charge is -2.12. The molecule has 6 nitrogen and oxygen atoms in total. The molecule has 0 spiro atoms. The molecule has 16 heavy (non-hydrogen) atoms. The number of hydrogen-bond donors (Lipinski definition) is 3. The number of carboxylic acids is 1. The van der Waals surface area contributed by atoms with Crippen LogP contribution in [0.5, 0.6) is 0 Å². The number of ether oxygens (including phenoxy) is 1. The molecule has 0 rings (SSSR count). The molecule has 0 aromatic carbocycles. The lowest BCUT2D eigenvalue weighted by molar-refractivity contribution is -0.140. The van der Waals surface area contributed by atoms with E-state index in [2.05, 4.69) is 5.32 Å². The summed E-state index contributed by atoms with van der Waals surface area (Å²) in [5.41, 5.74) is 0. The Morgan fingerprint density at radius 1 is 1.44 bits per heavy atom. The highest BCUT2D eigenvalue weighted by Crippen LogP contribution is 2.03. The zero-order valence-electron chi connectivity index (χ0n) is 9.14. The van der Waals surface area contributed by atoms with Gasteiger partial charge >= 0.3 is 5.97 Å². The van der Waals surface area contributed by atoms with Gasteiger partial charge in [0.1, 0.15) is 6.04 Å². The largest absolute Gasteiger partial charge is 0.480 e. The fourth-order valence-corrected chi connectivity index (χ4v) is 1.77. The zero-order valence-corrected chi connectivity index (χ0v) is 9.96. The van der Waals surface area contributed by atoms with Gasteiger partial charge in [-0.25, -0.2) is 4.79 Å². The Morgan fingerprint density at radius 3 is 2.62 bits per heavy atom. The smallest absolute Gasteiger partial charge is 0.327 e. The average molecular weight is 251 g/mol. The van der Waals surface area contributed by atoms with Gasteiger partial charge < -0.3 is 20.3 Å². The van der Waals surface area contributed by atoms with Crippen molar-refractivity contribution in [2.75, 3.05) is 31.3 Å². The summed E-state index contributed by atoms with van der Waals surface area (Å²) in [4.78, 5) is 21.4. The third-order valence-corrected chi connectivity index (χ3v) is 2.59. The van der Waals surface area contributed by atoms with E-state index in [4.69, 9.17) is 14.9 Å². The molecule has 1 amide bonds. The summed E-state index contributed by atoms with van der Waals surface area (Å²) < 4.78 is 5.00. The van der Waals surface area contributed by atoms with Crippen LogP contribution in [-0.2, 0) is 14.3 Å². The van der Waals surface area contributed by atoms with Crippen molar-refractivity contribution in [3.05, 3.63) is 0 Å². The summed E-state index contributed by atoms with van der Waals surface area (Å²) in [6.07, 6.45) is 0. The lowest BCUT2D eigenvalue weighted by Crippen LogP contribution is -2.41. The Bertz CT molecular complexity index is 224. The number of aliphatic hydroxyl groups is 1. The molecular weight excluding hydrogens is 234 g/mol. The zero-order chi connectivity index (χ0) is 12.4. The highest BCUT2D eigenvalue weighted by Gasteiger charge is 2.17. The van der Waals surface area contributed by atoms with Gasteiger partial charge in [0.15, 0.2) is 0 Å². The first-order valence-electron chi connectivity index (χ1n) is 4.84. The van der Waals surface area contributed by atoms with Gasteiger partial charge in [-0.15, -0.1) is 0 Å². The topological polar surface area (TPSA) is 95.9 Å². The fourth-order valence-electron chi connectivity index (χ4n) is 0.906. The Balaban J connectivity index is 3.60. The van der Waals surface area contributed by atoms with E-state index in [9.17, 15) is 9.59 Å². The number of carbonyl (C=O) groups is 2. The Kier molecular flexibility index (Phi) is 8.97. The average Bonchev–Trinajstić information content (AvgIpc) is 2.20. The van der Waals surface area contributed by atoms with Crippen LogP contribution < -0.4 is 5.32 Å². The third kappa shape index (κ3) is 8.51. The highest BCUT2D eigenvalue weighted by atomic mass is 32.2. The number of rotatable bonds is 9. The van der Waals surface area contributed by atoms with Crippen molar-refractivity contribution in [2.45, 2.75) is 13.0 Å². The van der Waals surface area contributed by atoms with Gasteiger partial charge in [-0.3, -0.25) is 4.79 Å². The third-order valence-electron chi connectivity index (χ3n) is 1.57. The summed E-state index contributed by atoms with van der Waals surface area (Å²) in [7, 11) is 0. The number of aliphatic carboxylic acids is 1. The van der Waals surface area contributed by atoms with E-state index in [1.165, 1.54) is 18.7 Å². The second-order valence-electron chi connectivity index (χ2n) is 3.00. The van der Waals surface area contributed by atoms with Crippen LogP contribution in [-0.4, -0.2) is 59.5 Å². The molecule has 0 bridgehead atoms. The number of amides is 1. The van der Waals surface area contributed by atoms with Gasteiger partial charge in [0.2, 0.25) is 5.91 Å². The standard InChI is InChI=1S/C9H17NO5S/c1-7(12)10-8(9(13)14)6-16-5-4-15-3-2-11/h8,11H,2-6H2,1H3,(H,10,12)(H,13,14). The van der Waals surface area contributed by atoms with Gasteiger partial charge in [-0.2, -0.15) is 11.8 Å². The first-order chi connectivity index (χ1) is 7.57. The maximum absolute atomic E-state index is 10.7. The van der Waals surface area contributed by atoms with Crippen molar-refractivity contribution < 1.29 is 24.5 Å². The molecule has 0 aromatic heterocycles. The summed E-state index contributed by atoms with van der Waals surface area (Å²) in [6, 6.07) is -0.861. The number of thioether (sulfide) groups is 1. The Labute approximate surface area is 98.4 Å². The van der Waals surface area contributed by atoms with Crippen molar-refractivity contribution in [1.82, 2.24) is 5.32 Å². The van der Waals surface area contributed by atoms with E-state index < -0.39 is 12.0 Å². The molecule has 0 heterocycles. The highest BCUT2D eigenvalue weighted by molar-refractivity contribution is 7.99. The van der Waals surface area contributed by atoms with E-state index in [1.807, 2.05) is 0 Å². The van der Waals surface area contributed by atoms with Crippen molar-refractivity contribution in [3.63, 3.8) is 0 Å². The summed E-state index contributed by atoms with van der Waals surface area (Å²) >= 11 is 1.38. The van der Waals surface area contributed by atoms with Crippen LogP contribution in [0.3, 0.4) is 0 Å². The van der Waals surface area contributed by atoms with E-state index in [0.717, 1.165) is 0 Å². The van der Waals surface area contributed by atoms with Crippen LogP contribution in [0.2, 0.25) is 0 Å². The van der Waals surface area contributed by atoms with Crippen molar-refractivity contribution in [2.24, 2.45) is 0 Å². The second kappa shape index (κ2) is 9.44. The molecule has 94 valence electrons. The summed E-state index contributed by atoms with van der Waals surface area (Å²) in [5.74, 6) is -0.468. The van der Waals surface area contributed by atoms with Crippen molar-refractivity contribution >= 4 is 23.6 Å². The number of hydrogen-bond acceptors (Lipinski definition) is 5. The van der Waals surface area contributed by atoms with Crippen LogP contribution in [0.25, 0.3) is 0 Å². The molecule has 0 saturated heterocycles. The molecule has 0 aliphatic carbocycles. The van der Waals surface area contributed by atoms with E-state index in [1.54, 1.807) is 0 Å². The summed E-state index contributed by atoms with van der Waals surface area (Å²) in [6.45, 7) is 2.01. The fraction of sp³-hybridized carbons (Fsp3) is 0.778. The van der Waals surface area contributed by atoms with Crippen molar-refractivity contribution in [3.8, 4) is 0 Å². The molecule has 0 aliphatic heterocycles. The molecule has 0 aromatic rings. The van der Waals surface area contributed by atoms with Gasteiger partial charge in [0, 0.05) is 18.4 Å². The predicted molar refractivity (Wildman–Crippen MR) is 60.5 cm³/mol. The van der Waals surface area contributed by atoms with Gasteiger partial charge in [0.05, 0.1) is 19.8 Å². The van der Waals surface area contributed by atoms with E-state index in [0.29, 0.717) is 18.1 Å². The lowest BCUT2D eigenvalue weighted by atomic mass is 10.3. The minimum absolute atomic E-state index is 0.0195. The maximum Gasteiger partial charge on any atom is 0.327 e. The van der Waals surface area contributed by atoms with Crippen LogP contribution in [0, 0.1) is 0 Å². The SMILES string of the molecule is CC(=O)NC(CSCCOCCO)C(=O)O. The monoisotopic (exact) mass is 251 g/mol. The maximum atomic E-state index is 10.7. The second-order valence-corrected chi connectivity index (χ2v) is 4.15. The molecule has 1 atom stereocenters. The quantitative estimate of drug-likeness (QED) is 0.470. The molecule has 3 N–H and O–H groups in total. The number of carboxylic acid groups (broad SMARTS) is 1. The Morgan fingerprint density at radius 2 is 2.12 bits per heavy atom. The van der Waals surface area contributed by atoms with Crippen molar-refractivity contribution in [1.29, 1.82) is 0 Å². The number of aliphatic hydroxyl groups excluding tert-OH is 1.